The minimum atomic E-state index is -0.828. The molecule has 0 saturated carbocycles. The highest BCUT2D eigenvalue weighted by atomic mass is 35.5. The number of fused-ring (bicyclic) bond motifs is 1. The second kappa shape index (κ2) is 5.61. The molecule has 0 fully saturated rings. The number of nitrogens with zero attached hydrogens (tertiary/aromatic N) is 5. The van der Waals surface area contributed by atoms with Crippen LogP contribution in [0.4, 0.5) is 8.78 Å². The maximum Gasteiger partial charge on any atom is 0.186 e. The molecule has 24 heavy (non-hydrogen) atoms. The normalized spacial score (nSPS) is 11.1. The van der Waals surface area contributed by atoms with Gasteiger partial charge in [-0.15, -0.1) is 9.73 Å². The number of hydrogen-bond acceptors (Lipinski definition) is 4. The number of aromatic nitrogens is 5. The van der Waals surface area contributed by atoms with Gasteiger partial charge in [0.2, 0.25) is 0 Å². The fourth-order valence-corrected chi connectivity index (χ4v) is 2.52. The lowest BCUT2D eigenvalue weighted by Crippen LogP contribution is -1.95. The van der Waals surface area contributed by atoms with E-state index in [0.717, 1.165) is 6.07 Å². The summed E-state index contributed by atoms with van der Waals surface area (Å²) in [6.07, 6.45) is 3.08. The molecule has 8 heteroatoms. The van der Waals surface area contributed by atoms with Crippen LogP contribution in [0.15, 0.2) is 48.8 Å². The summed E-state index contributed by atoms with van der Waals surface area (Å²) in [5.41, 5.74) is 1.38. The van der Waals surface area contributed by atoms with E-state index >= 15 is 0 Å². The molecule has 0 bridgehead atoms. The van der Waals surface area contributed by atoms with Gasteiger partial charge in [0.05, 0.1) is 10.7 Å². The fraction of sp³-hybridized carbons (Fsp3) is 0. The van der Waals surface area contributed by atoms with Crippen molar-refractivity contribution in [3.63, 3.8) is 0 Å². The van der Waals surface area contributed by atoms with Gasteiger partial charge < -0.3 is 0 Å². The van der Waals surface area contributed by atoms with Gasteiger partial charge in [-0.25, -0.2) is 13.8 Å². The van der Waals surface area contributed by atoms with Gasteiger partial charge in [0, 0.05) is 29.6 Å². The molecule has 4 aromatic rings. The van der Waals surface area contributed by atoms with Gasteiger partial charge in [-0.1, -0.05) is 11.6 Å². The van der Waals surface area contributed by atoms with E-state index in [1.807, 2.05) is 0 Å². The van der Waals surface area contributed by atoms with Gasteiger partial charge >= 0.3 is 0 Å². The highest BCUT2D eigenvalue weighted by Crippen LogP contribution is 2.32. The predicted molar refractivity (Wildman–Crippen MR) is 84.4 cm³/mol. The number of hydrogen-bond donors (Lipinski definition) is 0. The summed E-state index contributed by atoms with van der Waals surface area (Å²) in [6.45, 7) is 0. The second-order valence-electron chi connectivity index (χ2n) is 4.95. The number of rotatable bonds is 2. The van der Waals surface area contributed by atoms with Crippen molar-refractivity contribution in [1.82, 2.24) is 24.8 Å². The molecule has 0 spiro atoms. The number of benzene rings is 1. The fourth-order valence-electron chi connectivity index (χ4n) is 2.35. The third kappa shape index (κ3) is 2.39. The van der Waals surface area contributed by atoms with Crippen molar-refractivity contribution in [3.8, 4) is 22.6 Å². The molecule has 0 amide bonds. The minimum absolute atomic E-state index is 0.0730. The van der Waals surface area contributed by atoms with Crippen LogP contribution in [0.1, 0.15) is 0 Å². The summed E-state index contributed by atoms with van der Waals surface area (Å²) < 4.78 is 29.0. The Morgan fingerprint density at radius 3 is 2.62 bits per heavy atom. The quantitative estimate of drug-likeness (QED) is 0.520. The smallest absolute Gasteiger partial charge is 0.186 e. The van der Waals surface area contributed by atoms with Crippen LogP contribution in [0.5, 0.6) is 0 Å². The Morgan fingerprint density at radius 2 is 1.79 bits per heavy atom. The maximum absolute atomic E-state index is 14.2. The zero-order valence-electron chi connectivity index (χ0n) is 12.0. The zero-order chi connectivity index (χ0) is 16.7. The van der Waals surface area contributed by atoms with Crippen molar-refractivity contribution >= 4 is 17.2 Å². The number of pyridine rings is 1. The number of halogens is 3. The SMILES string of the molecule is Fc1cc(F)c(-c2ncccc2-c2nc3cccnn3n2)cc1Cl. The van der Waals surface area contributed by atoms with E-state index in [2.05, 4.69) is 20.2 Å². The summed E-state index contributed by atoms with van der Waals surface area (Å²) in [5.74, 6) is -1.26. The van der Waals surface area contributed by atoms with Crippen molar-refractivity contribution in [2.45, 2.75) is 0 Å². The first-order chi connectivity index (χ1) is 11.6. The molecule has 0 unspecified atom stereocenters. The Bertz CT molecular complexity index is 1030. The second-order valence-corrected chi connectivity index (χ2v) is 5.36. The average Bonchev–Trinajstić information content (AvgIpc) is 3.02. The van der Waals surface area contributed by atoms with Gasteiger partial charge in [-0.3, -0.25) is 4.98 Å². The van der Waals surface area contributed by atoms with E-state index in [1.54, 1.807) is 30.5 Å². The molecule has 0 atom stereocenters. The molecule has 3 aromatic heterocycles. The summed E-state index contributed by atoms with van der Waals surface area (Å²) in [4.78, 5) is 8.55. The topological polar surface area (TPSA) is 56.0 Å². The van der Waals surface area contributed by atoms with Crippen LogP contribution in [-0.4, -0.2) is 24.8 Å². The van der Waals surface area contributed by atoms with E-state index < -0.39 is 11.6 Å². The molecule has 3 heterocycles. The Hall–Kier alpha value is -2.93. The van der Waals surface area contributed by atoms with Gasteiger partial charge in [0.1, 0.15) is 11.6 Å². The summed E-state index contributed by atoms with van der Waals surface area (Å²) in [6, 6.07) is 8.79. The molecule has 0 radical (unpaired) electrons. The molecule has 118 valence electrons. The van der Waals surface area contributed by atoms with Crippen LogP contribution in [0, 0.1) is 11.6 Å². The maximum atomic E-state index is 14.2. The Kier molecular flexibility index (Phi) is 3.42. The average molecular weight is 344 g/mol. The molecule has 0 saturated heterocycles. The zero-order valence-corrected chi connectivity index (χ0v) is 12.7. The minimum Gasteiger partial charge on any atom is -0.255 e. The third-order valence-electron chi connectivity index (χ3n) is 3.44. The molecule has 5 nitrogen and oxygen atoms in total. The highest BCUT2D eigenvalue weighted by molar-refractivity contribution is 6.31. The lowest BCUT2D eigenvalue weighted by molar-refractivity contribution is 0.585. The molecule has 1 aromatic carbocycles. The molecule has 0 aliphatic rings. The van der Waals surface area contributed by atoms with Crippen LogP contribution in [0.2, 0.25) is 5.02 Å². The van der Waals surface area contributed by atoms with E-state index in [4.69, 9.17) is 11.6 Å². The monoisotopic (exact) mass is 343 g/mol. The van der Waals surface area contributed by atoms with E-state index in [-0.39, 0.29) is 16.3 Å². The van der Waals surface area contributed by atoms with Crippen molar-refractivity contribution in [2.75, 3.05) is 0 Å². The highest BCUT2D eigenvalue weighted by Gasteiger charge is 2.18. The van der Waals surface area contributed by atoms with Crippen LogP contribution >= 0.6 is 11.6 Å². The first kappa shape index (κ1) is 14.6. The first-order valence-corrected chi connectivity index (χ1v) is 7.29. The lowest BCUT2D eigenvalue weighted by Gasteiger charge is -2.08. The van der Waals surface area contributed by atoms with Crippen LogP contribution in [0.25, 0.3) is 28.3 Å². The van der Waals surface area contributed by atoms with Crippen LogP contribution in [0.3, 0.4) is 0 Å². The predicted octanol–water partition coefficient (Wildman–Crippen LogP) is 3.78. The molecule has 0 aliphatic heterocycles. The Labute approximate surface area is 139 Å². The Morgan fingerprint density at radius 1 is 0.958 bits per heavy atom. The van der Waals surface area contributed by atoms with Gasteiger partial charge in [0.15, 0.2) is 11.5 Å². The van der Waals surface area contributed by atoms with Crippen molar-refractivity contribution in [3.05, 3.63) is 65.4 Å². The summed E-state index contributed by atoms with van der Waals surface area (Å²) >= 11 is 5.78. The van der Waals surface area contributed by atoms with E-state index in [9.17, 15) is 8.78 Å². The molecular formula is C16H8ClF2N5. The van der Waals surface area contributed by atoms with E-state index in [0.29, 0.717) is 17.0 Å². The summed E-state index contributed by atoms with van der Waals surface area (Å²) in [5, 5.41) is 8.13. The summed E-state index contributed by atoms with van der Waals surface area (Å²) in [7, 11) is 0. The van der Waals surface area contributed by atoms with Gasteiger partial charge in [0.25, 0.3) is 0 Å². The Balaban J connectivity index is 1.94. The standard InChI is InChI=1S/C16H8ClF2N5/c17-11-7-10(12(18)8-13(11)19)15-9(3-1-5-20-15)16-22-14-4-2-6-21-24(14)23-16/h1-8H. The molecule has 4 rings (SSSR count). The third-order valence-corrected chi connectivity index (χ3v) is 3.73. The van der Waals surface area contributed by atoms with Crippen molar-refractivity contribution in [1.29, 1.82) is 0 Å². The van der Waals surface area contributed by atoms with Crippen molar-refractivity contribution < 1.29 is 8.78 Å². The van der Waals surface area contributed by atoms with E-state index in [1.165, 1.54) is 16.9 Å². The van der Waals surface area contributed by atoms with Crippen LogP contribution in [-0.2, 0) is 0 Å². The largest absolute Gasteiger partial charge is 0.255 e. The molecule has 0 N–H and O–H groups in total. The lowest BCUT2D eigenvalue weighted by atomic mass is 10.0. The molecule has 0 aliphatic carbocycles. The first-order valence-electron chi connectivity index (χ1n) is 6.92. The van der Waals surface area contributed by atoms with Gasteiger partial charge in [-0.2, -0.15) is 5.10 Å². The van der Waals surface area contributed by atoms with Gasteiger partial charge in [-0.05, 0) is 30.3 Å². The molecular weight excluding hydrogens is 336 g/mol. The van der Waals surface area contributed by atoms with Crippen molar-refractivity contribution in [2.24, 2.45) is 0 Å². The van der Waals surface area contributed by atoms with Crippen LogP contribution < -0.4 is 0 Å².